The van der Waals surface area contributed by atoms with Crippen molar-refractivity contribution >= 4 is 11.9 Å². The highest BCUT2D eigenvalue weighted by atomic mass is 19.2. The summed E-state index contributed by atoms with van der Waals surface area (Å²) < 4.78 is 28.6. The molecule has 0 aromatic heterocycles. The number of carboxylic acid groups (broad SMARTS) is 2. The average molecular weight is 438 g/mol. The van der Waals surface area contributed by atoms with Crippen LogP contribution in [0.2, 0.25) is 0 Å². The number of nitrogens with one attached hydrogen (secondary N) is 1. The lowest BCUT2D eigenvalue weighted by atomic mass is 9.87. The van der Waals surface area contributed by atoms with E-state index in [-0.39, 0.29) is 25.1 Å². The Balaban J connectivity index is 2.46. The SMILES string of the molecule is CCCCCCCCCc1ccc(CNCC#CCC(C)(C(=O)O)C(=O)O)c(F)c1F. The third kappa shape index (κ3) is 8.66. The number of hydrogen-bond acceptors (Lipinski definition) is 3. The molecule has 0 unspecified atom stereocenters. The number of aliphatic carboxylic acids is 2. The van der Waals surface area contributed by atoms with Gasteiger partial charge in [-0.25, -0.2) is 8.78 Å². The lowest BCUT2D eigenvalue weighted by Crippen LogP contribution is -2.35. The molecule has 0 aliphatic rings. The van der Waals surface area contributed by atoms with Crippen molar-refractivity contribution in [3.63, 3.8) is 0 Å². The molecule has 0 spiro atoms. The summed E-state index contributed by atoms with van der Waals surface area (Å²) in [6.07, 6.45) is 7.98. The van der Waals surface area contributed by atoms with E-state index in [0.717, 1.165) is 26.2 Å². The molecule has 0 bridgehead atoms. The molecule has 1 aromatic carbocycles. The van der Waals surface area contributed by atoms with Gasteiger partial charge in [0.1, 0.15) is 0 Å². The Morgan fingerprint density at radius 1 is 0.935 bits per heavy atom. The predicted molar refractivity (Wildman–Crippen MR) is 116 cm³/mol. The van der Waals surface area contributed by atoms with Gasteiger partial charge in [-0.3, -0.25) is 9.59 Å². The van der Waals surface area contributed by atoms with Gasteiger partial charge in [0.15, 0.2) is 17.0 Å². The Morgan fingerprint density at radius 2 is 1.48 bits per heavy atom. The first kappa shape index (κ1) is 26.6. The second-order valence-electron chi connectivity index (χ2n) is 7.96. The second kappa shape index (κ2) is 13.8. The van der Waals surface area contributed by atoms with Crippen LogP contribution in [0.3, 0.4) is 0 Å². The minimum Gasteiger partial charge on any atom is -0.480 e. The Morgan fingerprint density at radius 3 is 2.10 bits per heavy atom. The number of carbonyl (C=O) groups is 2. The maximum Gasteiger partial charge on any atom is 0.321 e. The van der Waals surface area contributed by atoms with Crippen LogP contribution in [0.4, 0.5) is 8.78 Å². The van der Waals surface area contributed by atoms with E-state index in [0.29, 0.717) is 12.0 Å². The Bertz CT molecular complexity index is 785. The summed E-state index contributed by atoms with van der Waals surface area (Å²) >= 11 is 0. The topological polar surface area (TPSA) is 86.6 Å². The summed E-state index contributed by atoms with van der Waals surface area (Å²) in [6.45, 7) is 3.41. The molecule has 7 heteroatoms. The maximum absolute atomic E-state index is 14.3. The van der Waals surface area contributed by atoms with E-state index >= 15 is 0 Å². The van der Waals surface area contributed by atoms with Gasteiger partial charge < -0.3 is 15.5 Å². The van der Waals surface area contributed by atoms with Crippen molar-refractivity contribution in [2.24, 2.45) is 5.41 Å². The number of rotatable bonds is 14. The van der Waals surface area contributed by atoms with Crippen LogP contribution in [-0.2, 0) is 22.6 Å². The largest absolute Gasteiger partial charge is 0.480 e. The highest BCUT2D eigenvalue weighted by Gasteiger charge is 2.40. The summed E-state index contributed by atoms with van der Waals surface area (Å²) in [5, 5.41) is 20.8. The molecule has 0 aliphatic heterocycles. The van der Waals surface area contributed by atoms with Crippen molar-refractivity contribution in [1.82, 2.24) is 5.32 Å². The third-order valence-electron chi connectivity index (χ3n) is 5.33. The van der Waals surface area contributed by atoms with Gasteiger partial charge in [0.2, 0.25) is 0 Å². The van der Waals surface area contributed by atoms with Gasteiger partial charge in [-0.2, -0.15) is 0 Å². The standard InChI is InChI=1S/C24H33F2NO4/c1-3-4-5-6-7-8-9-12-18-13-14-19(21(26)20(18)25)17-27-16-11-10-15-24(2,22(28)29)23(30)31/h13-14,27H,3-9,12,15-17H2,1-2H3,(H,28,29)(H,30,31). The molecule has 3 N–H and O–H groups in total. The molecule has 31 heavy (non-hydrogen) atoms. The number of aryl methyl sites for hydroxylation is 1. The first-order valence-corrected chi connectivity index (χ1v) is 10.8. The van der Waals surface area contributed by atoms with Crippen LogP contribution < -0.4 is 5.32 Å². The van der Waals surface area contributed by atoms with E-state index < -0.39 is 29.0 Å². The van der Waals surface area contributed by atoms with Gasteiger partial charge in [-0.05, 0) is 25.3 Å². The number of unbranched alkanes of at least 4 members (excludes halogenated alkanes) is 6. The fourth-order valence-electron chi connectivity index (χ4n) is 3.04. The second-order valence-corrected chi connectivity index (χ2v) is 7.96. The summed E-state index contributed by atoms with van der Waals surface area (Å²) in [5.74, 6) is 0.524. The highest BCUT2D eigenvalue weighted by Crippen LogP contribution is 2.21. The van der Waals surface area contributed by atoms with Crippen LogP contribution in [0.1, 0.15) is 76.3 Å². The molecule has 172 valence electrons. The molecule has 1 aromatic rings. The monoisotopic (exact) mass is 437 g/mol. The smallest absolute Gasteiger partial charge is 0.321 e. The van der Waals surface area contributed by atoms with Gasteiger partial charge in [0, 0.05) is 18.5 Å². The van der Waals surface area contributed by atoms with E-state index in [9.17, 15) is 18.4 Å². The van der Waals surface area contributed by atoms with Crippen molar-refractivity contribution in [2.75, 3.05) is 6.54 Å². The summed E-state index contributed by atoms with van der Waals surface area (Å²) in [6, 6.07) is 3.17. The fourth-order valence-corrected chi connectivity index (χ4v) is 3.04. The van der Waals surface area contributed by atoms with Crippen LogP contribution in [0.15, 0.2) is 12.1 Å². The molecule has 0 saturated heterocycles. The van der Waals surface area contributed by atoms with Gasteiger partial charge in [-0.1, -0.05) is 63.5 Å². The van der Waals surface area contributed by atoms with E-state index in [1.165, 1.54) is 25.7 Å². The summed E-state index contributed by atoms with van der Waals surface area (Å²) in [7, 11) is 0. The molecule has 0 saturated carbocycles. The molecule has 5 nitrogen and oxygen atoms in total. The van der Waals surface area contributed by atoms with Gasteiger partial charge in [0.05, 0.1) is 6.54 Å². The van der Waals surface area contributed by atoms with Gasteiger partial charge in [-0.15, -0.1) is 5.92 Å². The molecular weight excluding hydrogens is 404 g/mol. The van der Waals surface area contributed by atoms with Crippen molar-refractivity contribution in [2.45, 2.75) is 78.2 Å². The number of halogens is 2. The molecule has 0 fully saturated rings. The van der Waals surface area contributed by atoms with Crippen molar-refractivity contribution in [3.8, 4) is 11.8 Å². The molecular formula is C24H33F2NO4. The maximum atomic E-state index is 14.3. The van der Waals surface area contributed by atoms with Crippen LogP contribution in [0.5, 0.6) is 0 Å². The molecule has 0 atom stereocenters. The molecule has 0 amide bonds. The Labute approximate surface area is 183 Å². The Hall–Kier alpha value is -2.46. The Kier molecular flexibility index (Phi) is 11.8. The van der Waals surface area contributed by atoms with Crippen LogP contribution in [0, 0.1) is 28.9 Å². The van der Waals surface area contributed by atoms with Crippen LogP contribution in [-0.4, -0.2) is 28.7 Å². The predicted octanol–water partition coefficient (Wildman–Crippen LogP) is 4.92. The van der Waals surface area contributed by atoms with E-state index in [1.54, 1.807) is 12.1 Å². The number of benzene rings is 1. The van der Waals surface area contributed by atoms with E-state index in [1.807, 2.05) is 0 Å². The lowest BCUT2D eigenvalue weighted by Gasteiger charge is -2.15. The first-order chi connectivity index (χ1) is 14.7. The van der Waals surface area contributed by atoms with Gasteiger partial charge >= 0.3 is 11.9 Å². The lowest BCUT2D eigenvalue weighted by molar-refractivity contribution is -0.162. The summed E-state index contributed by atoms with van der Waals surface area (Å²) in [5.41, 5.74) is -1.41. The number of carboxylic acids is 2. The summed E-state index contributed by atoms with van der Waals surface area (Å²) in [4.78, 5) is 22.1. The third-order valence-corrected chi connectivity index (χ3v) is 5.33. The normalized spacial score (nSPS) is 11.1. The molecule has 0 heterocycles. The average Bonchev–Trinajstić information content (AvgIpc) is 2.73. The minimum atomic E-state index is -1.98. The van der Waals surface area contributed by atoms with Crippen molar-refractivity contribution in [3.05, 3.63) is 34.9 Å². The zero-order valence-corrected chi connectivity index (χ0v) is 18.4. The first-order valence-electron chi connectivity index (χ1n) is 10.8. The fraction of sp³-hybridized carbons (Fsp3) is 0.583. The van der Waals surface area contributed by atoms with Crippen LogP contribution >= 0.6 is 0 Å². The zero-order valence-electron chi connectivity index (χ0n) is 18.4. The molecule has 0 aliphatic carbocycles. The van der Waals surface area contributed by atoms with Crippen LogP contribution in [0.25, 0.3) is 0 Å². The highest BCUT2D eigenvalue weighted by molar-refractivity contribution is 5.98. The van der Waals surface area contributed by atoms with E-state index in [2.05, 4.69) is 24.1 Å². The van der Waals surface area contributed by atoms with E-state index in [4.69, 9.17) is 10.2 Å². The zero-order chi connectivity index (χ0) is 23.3. The van der Waals surface area contributed by atoms with Crippen molar-refractivity contribution in [1.29, 1.82) is 0 Å². The molecule has 0 radical (unpaired) electrons. The molecule has 1 rings (SSSR count). The minimum absolute atomic E-state index is 0.0598. The van der Waals surface area contributed by atoms with Crippen molar-refractivity contribution < 1.29 is 28.6 Å². The quantitative estimate of drug-likeness (QED) is 0.219. The van der Waals surface area contributed by atoms with Gasteiger partial charge in [0.25, 0.3) is 0 Å². The number of hydrogen-bond donors (Lipinski definition) is 3.